The van der Waals surface area contributed by atoms with Crippen LogP contribution in [-0.4, -0.2) is 78.7 Å². The molecule has 7 nitrogen and oxygen atoms in total. The fraction of sp³-hybridized carbons (Fsp3) is 0.700. The van der Waals surface area contributed by atoms with Crippen LogP contribution in [0.4, 0.5) is 0 Å². The second-order valence-corrected chi connectivity index (χ2v) is 10.1. The van der Waals surface area contributed by atoms with Crippen molar-refractivity contribution in [2.24, 2.45) is 5.92 Å². The zero-order valence-corrected chi connectivity index (χ0v) is 17.2. The number of aromatic nitrogens is 1. The van der Waals surface area contributed by atoms with Crippen LogP contribution in [0, 0.1) is 5.92 Å². The van der Waals surface area contributed by atoms with Crippen molar-refractivity contribution in [1.29, 1.82) is 0 Å². The first-order chi connectivity index (χ1) is 13.6. The molecule has 1 aromatic heterocycles. The fourth-order valence-corrected chi connectivity index (χ4v) is 6.27. The summed E-state index contributed by atoms with van der Waals surface area (Å²) < 4.78 is 27.1. The Kier molecular flexibility index (Phi) is 5.99. The lowest BCUT2D eigenvalue weighted by atomic mass is 9.93. The minimum absolute atomic E-state index is 0.115. The molecule has 3 aliphatic heterocycles. The van der Waals surface area contributed by atoms with E-state index in [0.29, 0.717) is 25.0 Å². The Bertz CT molecular complexity index is 772. The minimum atomic E-state index is -3.46. The van der Waals surface area contributed by atoms with Gasteiger partial charge in [-0.2, -0.15) is 4.31 Å². The van der Waals surface area contributed by atoms with Crippen LogP contribution in [0.2, 0.25) is 0 Å². The molecule has 3 aliphatic rings. The maximum Gasteiger partial charge on any atom is 0.244 e. The Hall–Kier alpha value is -1.51. The van der Waals surface area contributed by atoms with Crippen molar-refractivity contribution in [3.05, 3.63) is 24.5 Å². The Balaban J connectivity index is 1.34. The number of likely N-dealkylation sites (tertiary alicyclic amines) is 2. The lowest BCUT2D eigenvalue weighted by molar-refractivity contribution is -0.136. The molecule has 1 amide bonds. The van der Waals surface area contributed by atoms with Crippen LogP contribution in [0.1, 0.15) is 38.5 Å². The quantitative estimate of drug-likeness (QED) is 0.759. The van der Waals surface area contributed by atoms with Gasteiger partial charge < -0.3 is 4.90 Å². The second kappa shape index (κ2) is 8.47. The van der Waals surface area contributed by atoms with Gasteiger partial charge in [0.25, 0.3) is 0 Å². The molecule has 3 fully saturated rings. The highest BCUT2D eigenvalue weighted by Gasteiger charge is 2.36. The molecule has 0 spiro atoms. The van der Waals surface area contributed by atoms with Gasteiger partial charge in [0, 0.05) is 51.2 Å². The summed E-state index contributed by atoms with van der Waals surface area (Å²) in [5.74, 6) is 0.447. The molecule has 4 rings (SSSR count). The van der Waals surface area contributed by atoms with Gasteiger partial charge in [0.1, 0.15) is 4.90 Å². The Labute approximate surface area is 167 Å². The summed E-state index contributed by atoms with van der Waals surface area (Å²) in [4.78, 5) is 21.5. The molecule has 8 heteroatoms. The lowest BCUT2D eigenvalue weighted by Crippen LogP contribution is -2.51. The van der Waals surface area contributed by atoms with Crippen LogP contribution in [-0.2, 0) is 14.8 Å². The second-order valence-electron chi connectivity index (χ2n) is 8.19. The number of nitrogens with zero attached hydrogens (tertiary/aromatic N) is 4. The highest BCUT2D eigenvalue weighted by Crippen LogP contribution is 2.28. The van der Waals surface area contributed by atoms with Crippen LogP contribution in [0.3, 0.4) is 0 Å². The monoisotopic (exact) mass is 406 g/mol. The highest BCUT2D eigenvalue weighted by atomic mass is 32.2. The number of rotatable bonds is 4. The zero-order chi connectivity index (χ0) is 19.6. The largest absolute Gasteiger partial charge is 0.342 e. The standard InChI is InChI=1S/C20H30N4O3S/c25-20(22-10-1-2-11-22)17-5-4-12-23(16-17)18-7-13-24(14-8-18)28(26,27)19-6-3-9-21-15-19/h3,6,9,15,17-18H,1-2,4-5,7-8,10-14,16H2. The van der Waals surface area contributed by atoms with Gasteiger partial charge in [0.2, 0.25) is 15.9 Å². The molecule has 1 atom stereocenters. The molecule has 3 saturated heterocycles. The number of amides is 1. The van der Waals surface area contributed by atoms with Crippen LogP contribution >= 0.6 is 0 Å². The molecular weight excluding hydrogens is 376 g/mol. The van der Waals surface area contributed by atoms with Crippen LogP contribution in [0.15, 0.2) is 29.4 Å². The van der Waals surface area contributed by atoms with Crippen molar-refractivity contribution in [1.82, 2.24) is 19.1 Å². The van der Waals surface area contributed by atoms with Crippen molar-refractivity contribution in [2.75, 3.05) is 39.3 Å². The van der Waals surface area contributed by atoms with E-state index in [0.717, 1.165) is 64.7 Å². The molecule has 0 aliphatic carbocycles. The van der Waals surface area contributed by atoms with Crippen molar-refractivity contribution in [2.45, 2.75) is 49.5 Å². The summed E-state index contributed by atoms with van der Waals surface area (Å²) in [5, 5.41) is 0. The molecule has 1 unspecified atom stereocenters. The number of sulfonamides is 1. The molecular formula is C20H30N4O3S. The van der Waals surface area contributed by atoms with Crippen LogP contribution < -0.4 is 0 Å². The van der Waals surface area contributed by atoms with Gasteiger partial charge >= 0.3 is 0 Å². The van der Waals surface area contributed by atoms with Crippen molar-refractivity contribution < 1.29 is 13.2 Å². The summed E-state index contributed by atoms with van der Waals surface area (Å²) in [6.45, 7) is 4.74. The molecule has 0 saturated carbocycles. The first-order valence-electron chi connectivity index (χ1n) is 10.5. The normalized spacial score (nSPS) is 25.9. The van der Waals surface area contributed by atoms with Gasteiger partial charge in [0.05, 0.1) is 5.92 Å². The van der Waals surface area contributed by atoms with Crippen LogP contribution in [0.25, 0.3) is 0 Å². The summed E-state index contributed by atoms with van der Waals surface area (Å²) in [7, 11) is -3.46. The lowest BCUT2D eigenvalue weighted by Gasteiger charge is -2.42. The number of pyridine rings is 1. The summed E-state index contributed by atoms with van der Waals surface area (Å²) in [6.07, 6.45) is 8.95. The third-order valence-corrected chi connectivity index (χ3v) is 8.31. The molecule has 1 aromatic rings. The number of hydrogen-bond acceptors (Lipinski definition) is 5. The molecule has 0 radical (unpaired) electrons. The summed E-state index contributed by atoms with van der Waals surface area (Å²) >= 11 is 0. The molecule has 0 bridgehead atoms. The first kappa shape index (κ1) is 19.8. The van der Waals surface area contributed by atoms with E-state index >= 15 is 0 Å². The van der Waals surface area contributed by atoms with E-state index in [-0.39, 0.29) is 10.8 Å². The summed E-state index contributed by atoms with van der Waals surface area (Å²) in [5.41, 5.74) is 0. The van der Waals surface area contributed by atoms with Crippen molar-refractivity contribution in [3.63, 3.8) is 0 Å². The van der Waals surface area contributed by atoms with E-state index in [1.807, 2.05) is 4.90 Å². The Morgan fingerprint density at radius 3 is 2.43 bits per heavy atom. The summed E-state index contributed by atoms with van der Waals surface area (Å²) in [6, 6.07) is 3.63. The van der Waals surface area contributed by atoms with Gasteiger partial charge in [-0.3, -0.25) is 14.7 Å². The topological polar surface area (TPSA) is 73.8 Å². The van der Waals surface area contributed by atoms with Gasteiger partial charge in [-0.25, -0.2) is 8.42 Å². The average Bonchev–Trinajstić information content (AvgIpc) is 3.29. The van der Waals surface area contributed by atoms with E-state index in [1.54, 1.807) is 22.6 Å². The predicted molar refractivity (Wildman–Crippen MR) is 106 cm³/mol. The number of carbonyl (C=O) groups is 1. The van der Waals surface area contributed by atoms with Gasteiger partial charge in [-0.05, 0) is 57.2 Å². The molecule has 154 valence electrons. The maximum absolute atomic E-state index is 12.8. The van der Waals surface area contributed by atoms with E-state index in [2.05, 4.69) is 9.88 Å². The van der Waals surface area contributed by atoms with Crippen LogP contribution in [0.5, 0.6) is 0 Å². The smallest absolute Gasteiger partial charge is 0.244 e. The minimum Gasteiger partial charge on any atom is -0.342 e. The van der Waals surface area contributed by atoms with Gasteiger partial charge in [-0.1, -0.05) is 0 Å². The third-order valence-electron chi connectivity index (χ3n) is 6.43. The van der Waals surface area contributed by atoms with Crippen molar-refractivity contribution >= 4 is 15.9 Å². The van der Waals surface area contributed by atoms with Gasteiger partial charge in [-0.15, -0.1) is 0 Å². The highest BCUT2D eigenvalue weighted by molar-refractivity contribution is 7.89. The number of hydrogen-bond donors (Lipinski definition) is 0. The Morgan fingerprint density at radius 1 is 1.00 bits per heavy atom. The van der Waals surface area contributed by atoms with Crippen molar-refractivity contribution in [3.8, 4) is 0 Å². The number of carbonyl (C=O) groups excluding carboxylic acids is 1. The SMILES string of the molecule is O=C(C1CCCN(C2CCN(S(=O)(=O)c3cccnc3)CC2)C1)N1CCCC1. The van der Waals surface area contributed by atoms with E-state index in [4.69, 9.17) is 0 Å². The average molecular weight is 407 g/mol. The molecule has 4 heterocycles. The molecule has 0 aromatic carbocycles. The number of piperidine rings is 2. The van der Waals surface area contributed by atoms with E-state index in [9.17, 15) is 13.2 Å². The van der Waals surface area contributed by atoms with E-state index in [1.165, 1.54) is 6.20 Å². The third kappa shape index (κ3) is 4.09. The zero-order valence-electron chi connectivity index (χ0n) is 16.4. The molecule has 0 N–H and O–H groups in total. The fourth-order valence-electron chi connectivity index (χ4n) is 4.83. The first-order valence-corrected chi connectivity index (χ1v) is 11.9. The molecule has 28 heavy (non-hydrogen) atoms. The Morgan fingerprint density at radius 2 is 1.75 bits per heavy atom. The maximum atomic E-state index is 12.8. The van der Waals surface area contributed by atoms with E-state index < -0.39 is 10.0 Å². The van der Waals surface area contributed by atoms with Gasteiger partial charge in [0.15, 0.2) is 0 Å². The predicted octanol–water partition coefficient (Wildman–Crippen LogP) is 1.57.